The summed E-state index contributed by atoms with van der Waals surface area (Å²) < 4.78 is 2.38. The second-order valence-corrected chi connectivity index (χ2v) is 12.5. The Morgan fingerprint density at radius 3 is 1.49 bits per heavy atom. The average Bonchev–Trinajstić information content (AvgIpc) is 3.66. The maximum Gasteiger partial charge on any atom is 0.0547 e. The molecule has 0 atom stereocenters. The van der Waals surface area contributed by atoms with E-state index in [1.165, 1.54) is 93.9 Å². The minimum Gasteiger partial charge on any atom is -0.309 e. The third-order valence-electron chi connectivity index (χ3n) is 9.99. The van der Waals surface area contributed by atoms with Crippen molar-refractivity contribution in [3.05, 3.63) is 176 Å². The molecule has 1 heterocycles. The van der Waals surface area contributed by atoms with Crippen molar-refractivity contribution in [1.82, 2.24) is 4.57 Å². The summed E-state index contributed by atoms with van der Waals surface area (Å²) in [6.07, 6.45) is 0. The van der Waals surface area contributed by atoms with Crippen LogP contribution in [0.2, 0.25) is 0 Å². The van der Waals surface area contributed by atoms with E-state index < -0.39 is 0 Å². The van der Waals surface area contributed by atoms with E-state index in [9.17, 15) is 0 Å². The number of aromatic nitrogens is 1. The van der Waals surface area contributed by atoms with Crippen LogP contribution in [0, 0.1) is 0 Å². The first-order valence-electron chi connectivity index (χ1n) is 16.3. The van der Waals surface area contributed by atoms with Crippen LogP contribution in [-0.4, -0.2) is 4.57 Å². The van der Waals surface area contributed by atoms with Gasteiger partial charge < -0.3 is 4.57 Å². The first-order valence-corrected chi connectivity index (χ1v) is 16.3. The molecule has 8 aromatic carbocycles. The van der Waals surface area contributed by atoms with Crippen LogP contribution in [0.5, 0.6) is 0 Å². The Kier molecular flexibility index (Phi) is 5.64. The van der Waals surface area contributed by atoms with E-state index in [2.05, 4.69) is 180 Å². The van der Waals surface area contributed by atoms with Gasteiger partial charge in [-0.25, -0.2) is 0 Å². The molecule has 0 fully saturated rings. The molecule has 10 rings (SSSR count). The Labute approximate surface area is 273 Å². The van der Waals surface area contributed by atoms with Gasteiger partial charge in [0.15, 0.2) is 0 Å². The zero-order valence-corrected chi connectivity index (χ0v) is 25.7. The van der Waals surface area contributed by atoms with Gasteiger partial charge in [-0.1, -0.05) is 152 Å². The second-order valence-electron chi connectivity index (χ2n) is 12.5. The lowest BCUT2D eigenvalue weighted by atomic mass is 9.93. The molecule has 0 bridgehead atoms. The molecule has 1 aliphatic carbocycles. The van der Waals surface area contributed by atoms with Crippen LogP contribution in [0.25, 0.3) is 93.9 Å². The molecule has 1 aliphatic rings. The first-order chi connectivity index (χ1) is 23.3. The zero-order chi connectivity index (χ0) is 30.9. The second kappa shape index (κ2) is 10.2. The van der Waals surface area contributed by atoms with Crippen molar-refractivity contribution in [3.63, 3.8) is 0 Å². The van der Waals surface area contributed by atoms with E-state index in [1.807, 2.05) is 0 Å². The van der Waals surface area contributed by atoms with Crippen LogP contribution in [0.4, 0.5) is 0 Å². The molecular formula is C46H29N. The van der Waals surface area contributed by atoms with Crippen molar-refractivity contribution < 1.29 is 0 Å². The van der Waals surface area contributed by atoms with Crippen molar-refractivity contribution in [2.75, 3.05) is 0 Å². The largest absolute Gasteiger partial charge is 0.309 e. The third-order valence-corrected chi connectivity index (χ3v) is 9.99. The highest BCUT2D eigenvalue weighted by Gasteiger charge is 2.22. The van der Waals surface area contributed by atoms with Crippen molar-refractivity contribution in [3.8, 4) is 61.3 Å². The molecule has 1 aromatic heterocycles. The molecular weight excluding hydrogens is 567 g/mol. The molecule has 1 heteroatoms. The standard InChI is InChI=1S/C46H29N/c1-2-10-34(11-3-1)47-43-18-7-6-14-42(43)46-36(15-9-19-44(46)47)33-26-22-31(23-27-33)30-20-24-32(25-21-30)35-28-29-41-38-13-5-4-12-37(38)40-17-8-16-39(35)45(40)41/h1-29H. The van der Waals surface area contributed by atoms with Gasteiger partial charge in [0, 0.05) is 16.5 Å². The van der Waals surface area contributed by atoms with Crippen molar-refractivity contribution in [2.24, 2.45) is 0 Å². The quantitative estimate of drug-likeness (QED) is 0.191. The summed E-state index contributed by atoms with van der Waals surface area (Å²) >= 11 is 0. The molecule has 0 radical (unpaired) electrons. The highest BCUT2D eigenvalue weighted by Crippen LogP contribution is 2.49. The fourth-order valence-electron chi connectivity index (χ4n) is 7.86. The minimum absolute atomic E-state index is 1.18. The smallest absolute Gasteiger partial charge is 0.0547 e. The molecule has 0 aliphatic heterocycles. The number of rotatable bonds is 4. The van der Waals surface area contributed by atoms with E-state index in [0.29, 0.717) is 0 Å². The van der Waals surface area contributed by atoms with Crippen LogP contribution in [0.3, 0.4) is 0 Å². The number of nitrogens with zero attached hydrogens (tertiary/aromatic N) is 1. The SMILES string of the molecule is c1ccc(-n2c3ccccc3c3c(-c4ccc(-c5ccc(-c6ccc7c8c(cccc68)-c6ccccc6-7)cc5)cc4)cccc32)cc1. The summed E-state index contributed by atoms with van der Waals surface area (Å²) in [5.41, 5.74) is 16.4. The highest BCUT2D eigenvalue weighted by atomic mass is 15.0. The number of hydrogen-bond acceptors (Lipinski definition) is 0. The van der Waals surface area contributed by atoms with Crippen LogP contribution in [0.15, 0.2) is 176 Å². The van der Waals surface area contributed by atoms with Gasteiger partial charge in [0.25, 0.3) is 0 Å². The summed E-state index contributed by atoms with van der Waals surface area (Å²) in [6.45, 7) is 0. The van der Waals surface area contributed by atoms with Crippen LogP contribution in [0.1, 0.15) is 0 Å². The Bertz CT molecular complexity index is 2610. The Morgan fingerprint density at radius 1 is 0.255 bits per heavy atom. The van der Waals surface area contributed by atoms with Gasteiger partial charge >= 0.3 is 0 Å². The molecule has 0 N–H and O–H groups in total. The Hall–Kier alpha value is -6.18. The van der Waals surface area contributed by atoms with Gasteiger partial charge in [0.05, 0.1) is 11.0 Å². The molecule has 1 nitrogen and oxygen atoms in total. The third kappa shape index (κ3) is 3.90. The normalized spacial score (nSPS) is 11.8. The average molecular weight is 596 g/mol. The van der Waals surface area contributed by atoms with Gasteiger partial charge in [0.1, 0.15) is 0 Å². The highest BCUT2D eigenvalue weighted by molar-refractivity contribution is 6.19. The number of hydrogen-bond donors (Lipinski definition) is 0. The Balaban J connectivity index is 1.02. The molecule has 9 aromatic rings. The molecule has 0 spiro atoms. The lowest BCUT2D eigenvalue weighted by molar-refractivity contribution is 1.18. The van der Waals surface area contributed by atoms with Crippen LogP contribution < -0.4 is 0 Å². The molecule has 0 saturated carbocycles. The minimum atomic E-state index is 1.18. The lowest BCUT2D eigenvalue weighted by Gasteiger charge is -2.11. The number of para-hydroxylation sites is 2. The number of benzene rings is 8. The summed E-state index contributed by atoms with van der Waals surface area (Å²) in [7, 11) is 0. The summed E-state index contributed by atoms with van der Waals surface area (Å²) in [5, 5.41) is 5.25. The van der Waals surface area contributed by atoms with E-state index in [0.717, 1.165) is 0 Å². The van der Waals surface area contributed by atoms with Crippen LogP contribution >= 0.6 is 0 Å². The predicted molar refractivity (Wildman–Crippen MR) is 199 cm³/mol. The maximum atomic E-state index is 2.38. The topological polar surface area (TPSA) is 4.93 Å². The summed E-state index contributed by atoms with van der Waals surface area (Å²) in [6, 6.07) is 64.3. The molecule has 0 amide bonds. The monoisotopic (exact) mass is 595 g/mol. The van der Waals surface area contributed by atoms with Gasteiger partial charge in [-0.15, -0.1) is 0 Å². The molecule has 218 valence electrons. The summed E-state index contributed by atoms with van der Waals surface area (Å²) in [5.74, 6) is 0. The molecule has 0 saturated heterocycles. The van der Waals surface area contributed by atoms with E-state index in [-0.39, 0.29) is 0 Å². The van der Waals surface area contributed by atoms with E-state index >= 15 is 0 Å². The van der Waals surface area contributed by atoms with Crippen molar-refractivity contribution in [2.45, 2.75) is 0 Å². The zero-order valence-electron chi connectivity index (χ0n) is 25.7. The fraction of sp³-hybridized carbons (Fsp3) is 0. The fourth-order valence-corrected chi connectivity index (χ4v) is 7.86. The summed E-state index contributed by atoms with van der Waals surface area (Å²) in [4.78, 5) is 0. The van der Waals surface area contributed by atoms with Gasteiger partial charge in [-0.3, -0.25) is 0 Å². The molecule has 47 heavy (non-hydrogen) atoms. The molecule has 0 unspecified atom stereocenters. The van der Waals surface area contributed by atoms with Crippen LogP contribution in [-0.2, 0) is 0 Å². The maximum absolute atomic E-state index is 2.38. The lowest BCUT2D eigenvalue weighted by Crippen LogP contribution is -1.92. The van der Waals surface area contributed by atoms with Gasteiger partial charge in [-0.05, 0) is 90.7 Å². The van der Waals surface area contributed by atoms with Crippen molar-refractivity contribution in [1.29, 1.82) is 0 Å². The first kappa shape index (κ1) is 26.1. The number of fused-ring (bicyclic) bond motifs is 6. The van der Waals surface area contributed by atoms with E-state index in [4.69, 9.17) is 0 Å². The van der Waals surface area contributed by atoms with Crippen molar-refractivity contribution >= 4 is 32.6 Å². The van der Waals surface area contributed by atoms with Gasteiger partial charge in [0.2, 0.25) is 0 Å². The predicted octanol–water partition coefficient (Wildman–Crippen LogP) is 12.6. The van der Waals surface area contributed by atoms with E-state index in [1.54, 1.807) is 0 Å². The Morgan fingerprint density at radius 2 is 0.745 bits per heavy atom. The van der Waals surface area contributed by atoms with Gasteiger partial charge in [-0.2, -0.15) is 0 Å².